The molecular formula is C20H24N2O5. The Morgan fingerprint density at radius 1 is 1.19 bits per heavy atom. The molecular weight excluding hydrogens is 348 g/mol. The number of benzene rings is 1. The highest BCUT2D eigenvalue weighted by Crippen LogP contribution is 2.35. The summed E-state index contributed by atoms with van der Waals surface area (Å²) in [6.07, 6.45) is 0. The summed E-state index contributed by atoms with van der Waals surface area (Å²) in [7, 11) is 0. The Labute approximate surface area is 158 Å². The van der Waals surface area contributed by atoms with Crippen LogP contribution >= 0.6 is 0 Å². The predicted molar refractivity (Wildman–Crippen MR) is 98.6 cm³/mol. The molecule has 2 atom stereocenters. The first-order chi connectivity index (χ1) is 12.6. The molecule has 7 nitrogen and oxygen atoms in total. The van der Waals surface area contributed by atoms with Crippen molar-refractivity contribution in [3.63, 3.8) is 0 Å². The molecule has 3 rings (SSSR count). The van der Waals surface area contributed by atoms with Gasteiger partial charge in [-0.15, -0.1) is 0 Å². The maximum Gasteiger partial charge on any atom is 0.302 e. The van der Waals surface area contributed by atoms with Crippen LogP contribution in [0.4, 0.5) is 0 Å². The Morgan fingerprint density at radius 3 is 2.19 bits per heavy atom. The molecule has 1 aromatic rings. The van der Waals surface area contributed by atoms with Gasteiger partial charge in [-0.05, 0) is 24.5 Å². The average molecular weight is 372 g/mol. The monoisotopic (exact) mass is 372 g/mol. The lowest BCUT2D eigenvalue weighted by molar-refractivity contribution is -0.143. The predicted octanol–water partition coefficient (Wildman–Crippen LogP) is 2.45. The number of fused-ring (bicyclic) bond motifs is 1. The van der Waals surface area contributed by atoms with Crippen molar-refractivity contribution in [2.75, 3.05) is 13.2 Å². The maximum absolute atomic E-state index is 13.0. The number of aliphatic imine (C=N–C) groups is 1. The number of imide groups is 1. The number of hydrogen-bond acceptors (Lipinski definition) is 6. The molecule has 27 heavy (non-hydrogen) atoms. The Hall–Kier alpha value is -2.70. The molecule has 7 heteroatoms. The normalized spacial score (nSPS) is 21.4. The molecule has 2 aliphatic heterocycles. The van der Waals surface area contributed by atoms with Crippen LogP contribution in [0.25, 0.3) is 0 Å². The molecule has 2 heterocycles. The molecule has 0 radical (unpaired) electrons. The minimum Gasteiger partial charge on any atom is -0.477 e. The van der Waals surface area contributed by atoms with Crippen LogP contribution in [0.2, 0.25) is 0 Å². The van der Waals surface area contributed by atoms with Gasteiger partial charge in [-0.25, -0.2) is 4.99 Å². The average Bonchev–Trinajstić information content (AvgIpc) is 3.19. The van der Waals surface area contributed by atoms with Crippen molar-refractivity contribution in [3.05, 3.63) is 35.4 Å². The SMILES string of the molecule is CC(=O)OCC(C)(C1=N[C@H](C(C)(C)C)CO1)N1C(=O)c2ccccc2C1=O. The second-order valence-electron chi connectivity index (χ2n) is 8.17. The lowest BCUT2D eigenvalue weighted by Gasteiger charge is -2.35. The summed E-state index contributed by atoms with van der Waals surface area (Å²) in [6, 6.07) is 6.50. The van der Waals surface area contributed by atoms with Crippen molar-refractivity contribution < 1.29 is 23.9 Å². The summed E-state index contributed by atoms with van der Waals surface area (Å²) in [6.45, 7) is 9.16. The zero-order chi connectivity index (χ0) is 20.0. The van der Waals surface area contributed by atoms with Gasteiger partial charge in [0, 0.05) is 6.92 Å². The molecule has 0 aliphatic carbocycles. The lowest BCUT2D eigenvalue weighted by Crippen LogP contribution is -2.58. The van der Waals surface area contributed by atoms with Crippen LogP contribution in [0.15, 0.2) is 29.3 Å². The van der Waals surface area contributed by atoms with Crippen LogP contribution in [0.1, 0.15) is 55.3 Å². The van der Waals surface area contributed by atoms with Crippen molar-refractivity contribution in [3.8, 4) is 0 Å². The van der Waals surface area contributed by atoms with Crippen molar-refractivity contribution in [2.24, 2.45) is 10.4 Å². The second-order valence-corrected chi connectivity index (χ2v) is 8.17. The summed E-state index contributed by atoms with van der Waals surface area (Å²) in [4.78, 5) is 43.2. The van der Waals surface area contributed by atoms with E-state index in [1.807, 2.05) is 20.8 Å². The van der Waals surface area contributed by atoms with Gasteiger partial charge < -0.3 is 9.47 Å². The number of carbonyl (C=O) groups is 3. The van der Waals surface area contributed by atoms with E-state index in [0.717, 1.165) is 4.90 Å². The first-order valence-electron chi connectivity index (χ1n) is 8.88. The summed E-state index contributed by atoms with van der Waals surface area (Å²) in [5.41, 5.74) is -0.824. The van der Waals surface area contributed by atoms with Gasteiger partial charge in [0.1, 0.15) is 13.2 Å². The Kier molecular flexibility index (Phi) is 4.57. The molecule has 0 bridgehead atoms. The molecule has 0 saturated heterocycles. The zero-order valence-electron chi connectivity index (χ0n) is 16.2. The third-order valence-electron chi connectivity index (χ3n) is 4.96. The summed E-state index contributed by atoms with van der Waals surface area (Å²) >= 11 is 0. The molecule has 2 aliphatic rings. The third kappa shape index (κ3) is 3.22. The van der Waals surface area contributed by atoms with E-state index in [0.29, 0.717) is 17.7 Å². The minimum atomic E-state index is -1.32. The number of hydrogen-bond donors (Lipinski definition) is 0. The molecule has 0 fully saturated rings. The molecule has 1 unspecified atom stereocenters. The number of carbonyl (C=O) groups excluding carboxylic acids is 3. The van der Waals surface area contributed by atoms with Crippen LogP contribution in [-0.4, -0.2) is 53.4 Å². The Bertz CT molecular complexity index is 804. The quantitative estimate of drug-likeness (QED) is 0.599. The van der Waals surface area contributed by atoms with Gasteiger partial charge in [0.25, 0.3) is 11.8 Å². The van der Waals surface area contributed by atoms with Gasteiger partial charge >= 0.3 is 5.97 Å². The highest BCUT2D eigenvalue weighted by molar-refractivity contribution is 6.23. The van der Waals surface area contributed by atoms with E-state index < -0.39 is 23.3 Å². The fraction of sp³-hybridized carbons (Fsp3) is 0.500. The number of esters is 1. The Balaban J connectivity index is 2.04. The van der Waals surface area contributed by atoms with Crippen molar-refractivity contribution in [1.82, 2.24) is 4.90 Å². The van der Waals surface area contributed by atoms with E-state index in [-0.39, 0.29) is 24.0 Å². The van der Waals surface area contributed by atoms with Crippen LogP contribution in [0, 0.1) is 5.41 Å². The van der Waals surface area contributed by atoms with Gasteiger partial charge in [-0.3, -0.25) is 19.3 Å². The maximum atomic E-state index is 13.0. The summed E-state index contributed by atoms with van der Waals surface area (Å²) < 4.78 is 11.0. The van der Waals surface area contributed by atoms with Crippen LogP contribution in [0.5, 0.6) is 0 Å². The van der Waals surface area contributed by atoms with E-state index in [1.54, 1.807) is 31.2 Å². The smallest absolute Gasteiger partial charge is 0.302 e. The van der Waals surface area contributed by atoms with E-state index in [9.17, 15) is 14.4 Å². The topological polar surface area (TPSA) is 85.3 Å². The highest BCUT2D eigenvalue weighted by Gasteiger charge is 2.53. The summed E-state index contributed by atoms with van der Waals surface area (Å²) in [5.74, 6) is -1.17. The van der Waals surface area contributed by atoms with Crippen molar-refractivity contribution in [1.29, 1.82) is 0 Å². The minimum absolute atomic E-state index is 0.126. The molecule has 1 aromatic carbocycles. The number of nitrogens with zero attached hydrogens (tertiary/aromatic N) is 2. The second kappa shape index (κ2) is 6.48. The van der Waals surface area contributed by atoms with Gasteiger partial charge in [0.2, 0.25) is 5.90 Å². The molecule has 0 saturated carbocycles. The molecule has 144 valence electrons. The van der Waals surface area contributed by atoms with Gasteiger partial charge in [-0.2, -0.15) is 0 Å². The molecule has 2 amide bonds. The lowest BCUT2D eigenvalue weighted by atomic mass is 9.88. The number of amides is 2. The molecule has 0 spiro atoms. The van der Waals surface area contributed by atoms with Crippen LogP contribution in [0.3, 0.4) is 0 Å². The van der Waals surface area contributed by atoms with E-state index in [4.69, 9.17) is 9.47 Å². The largest absolute Gasteiger partial charge is 0.477 e. The molecule has 0 aromatic heterocycles. The Morgan fingerprint density at radius 2 is 1.74 bits per heavy atom. The molecule has 0 N–H and O–H groups in total. The van der Waals surface area contributed by atoms with E-state index in [2.05, 4.69) is 4.99 Å². The first kappa shape index (κ1) is 19.1. The third-order valence-corrected chi connectivity index (χ3v) is 4.96. The van der Waals surface area contributed by atoms with E-state index >= 15 is 0 Å². The van der Waals surface area contributed by atoms with Crippen molar-refractivity contribution >= 4 is 23.7 Å². The summed E-state index contributed by atoms with van der Waals surface area (Å²) in [5, 5.41) is 0. The van der Waals surface area contributed by atoms with E-state index in [1.165, 1.54) is 6.92 Å². The van der Waals surface area contributed by atoms with Crippen LogP contribution < -0.4 is 0 Å². The first-order valence-corrected chi connectivity index (χ1v) is 8.88. The van der Waals surface area contributed by atoms with Crippen LogP contribution in [-0.2, 0) is 14.3 Å². The fourth-order valence-corrected chi connectivity index (χ4v) is 3.21. The highest BCUT2D eigenvalue weighted by atomic mass is 16.5. The standard InChI is InChI=1S/C20H24N2O5/c1-12(23)27-11-20(5,18-21-15(10-26-18)19(2,3)4)22-16(24)13-8-6-7-9-14(13)17(22)25/h6-9,15H,10-11H2,1-5H3/t15-,20?/m0/s1. The zero-order valence-corrected chi connectivity index (χ0v) is 16.2. The van der Waals surface area contributed by atoms with Gasteiger partial charge in [0.05, 0.1) is 17.2 Å². The number of rotatable bonds is 4. The number of ether oxygens (including phenoxy) is 2. The fourth-order valence-electron chi connectivity index (χ4n) is 3.21. The van der Waals surface area contributed by atoms with Gasteiger partial charge in [-0.1, -0.05) is 32.9 Å². The van der Waals surface area contributed by atoms with Gasteiger partial charge in [0.15, 0.2) is 5.54 Å². The van der Waals surface area contributed by atoms with Crippen molar-refractivity contribution in [2.45, 2.75) is 46.2 Å².